The summed E-state index contributed by atoms with van der Waals surface area (Å²) in [5.41, 5.74) is 1.58. The molecule has 0 saturated heterocycles. The van der Waals surface area contributed by atoms with Crippen molar-refractivity contribution in [2.45, 2.75) is 39.7 Å². The number of unbranched alkanes of at least 4 members (excludes halogenated alkanes) is 1. The molecule has 0 saturated carbocycles. The highest BCUT2D eigenvalue weighted by Crippen LogP contribution is 2.29. The summed E-state index contributed by atoms with van der Waals surface area (Å²) in [5.74, 6) is -0.211. The summed E-state index contributed by atoms with van der Waals surface area (Å²) >= 11 is 0. The molecule has 4 heteroatoms. The SMILES string of the molecule is CCCCN(CCO)c1c(F)cccc1C(C)NCC. The molecule has 0 fully saturated rings. The fourth-order valence-corrected chi connectivity index (χ4v) is 2.44. The van der Waals surface area contributed by atoms with Crippen LogP contribution in [0.3, 0.4) is 0 Å². The summed E-state index contributed by atoms with van der Waals surface area (Å²) in [6, 6.07) is 5.29. The third-order valence-electron chi connectivity index (χ3n) is 3.46. The van der Waals surface area contributed by atoms with Crippen LogP contribution in [0.25, 0.3) is 0 Å². The van der Waals surface area contributed by atoms with Crippen molar-refractivity contribution in [3.8, 4) is 0 Å². The first-order valence-electron chi connectivity index (χ1n) is 7.53. The molecule has 1 atom stereocenters. The van der Waals surface area contributed by atoms with E-state index in [0.29, 0.717) is 12.2 Å². The van der Waals surface area contributed by atoms with Gasteiger partial charge in [-0.05, 0) is 31.5 Å². The minimum atomic E-state index is -0.211. The van der Waals surface area contributed by atoms with Crippen LogP contribution in [0.5, 0.6) is 0 Å². The Morgan fingerprint density at radius 3 is 2.65 bits per heavy atom. The van der Waals surface area contributed by atoms with E-state index in [1.807, 2.05) is 24.8 Å². The lowest BCUT2D eigenvalue weighted by atomic mass is 10.0. The molecule has 1 aromatic carbocycles. The monoisotopic (exact) mass is 282 g/mol. The van der Waals surface area contributed by atoms with Crippen molar-refractivity contribution in [3.05, 3.63) is 29.6 Å². The van der Waals surface area contributed by atoms with Gasteiger partial charge in [0.2, 0.25) is 0 Å². The van der Waals surface area contributed by atoms with Crippen LogP contribution in [0.1, 0.15) is 45.2 Å². The smallest absolute Gasteiger partial charge is 0.146 e. The highest BCUT2D eigenvalue weighted by atomic mass is 19.1. The average Bonchev–Trinajstić information content (AvgIpc) is 2.44. The van der Waals surface area contributed by atoms with Crippen molar-refractivity contribution in [2.24, 2.45) is 0 Å². The number of nitrogens with zero attached hydrogens (tertiary/aromatic N) is 1. The van der Waals surface area contributed by atoms with Gasteiger partial charge < -0.3 is 15.3 Å². The van der Waals surface area contributed by atoms with Gasteiger partial charge in [-0.25, -0.2) is 4.39 Å². The number of rotatable bonds is 9. The zero-order chi connectivity index (χ0) is 15.0. The molecule has 0 aliphatic heterocycles. The van der Waals surface area contributed by atoms with Gasteiger partial charge in [0.1, 0.15) is 5.82 Å². The van der Waals surface area contributed by atoms with E-state index in [0.717, 1.165) is 31.5 Å². The van der Waals surface area contributed by atoms with Crippen molar-refractivity contribution < 1.29 is 9.50 Å². The molecule has 0 aromatic heterocycles. The van der Waals surface area contributed by atoms with Gasteiger partial charge in [-0.2, -0.15) is 0 Å². The quantitative estimate of drug-likeness (QED) is 0.730. The number of hydrogen-bond donors (Lipinski definition) is 2. The second-order valence-corrected chi connectivity index (χ2v) is 5.02. The lowest BCUT2D eigenvalue weighted by molar-refractivity contribution is 0.301. The highest BCUT2D eigenvalue weighted by molar-refractivity contribution is 5.56. The molecule has 0 amide bonds. The zero-order valence-electron chi connectivity index (χ0n) is 12.8. The third kappa shape index (κ3) is 4.46. The summed E-state index contributed by atoms with van der Waals surface area (Å²) in [7, 11) is 0. The molecule has 1 rings (SSSR count). The molecular weight excluding hydrogens is 255 g/mol. The van der Waals surface area contributed by atoms with Crippen LogP contribution >= 0.6 is 0 Å². The Kier molecular flexibility index (Phi) is 7.55. The van der Waals surface area contributed by atoms with E-state index in [4.69, 9.17) is 0 Å². The molecule has 3 nitrogen and oxygen atoms in total. The molecule has 20 heavy (non-hydrogen) atoms. The normalized spacial score (nSPS) is 12.4. The molecule has 0 bridgehead atoms. The topological polar surface area (TPSA) is 35.5 Å². The maximum Gasteiger partial charge on any atom is 0.146 e. The van der Waals surface area contributed by atoms with E-state index in [-0.39, 0.29) is 18.5 Å². The molecule has 0 radical (unpaired) electrons. The fraction of sp³-hybridized carbons (Fsp3) is 0.625. The van der Waals surface area contributed by atoms with E-state index in [1.165, 1.54) is 6.07 Å². The van der Waals surface area contributed by atoms with Crippen molar-refractivity contribution >= 4 is 5.69 Å². The number of aliphatic hydroxyl groups excluding tert-OH is 1. The summed E-state index contributed by atoms with van der Waals surface area (Å²) in [4.78, 5) is 1.96. The van der Waals surface area contributed by atoms with E-state index in [2.05, 4.69) is 12.2 Å². The minimum absolute atomic E-state index is 0.0348. The first-order chi connectivity index (χ1) is 9.65. The van der Waals surface area contributed by atoms with Crippen LogP contribution in [-0.2, 0) is 0 Å². The molecule has 2 N–H and O–H groups in total. The number of hydrogen-bond acceptors (Lipinski definition) is 3. The summed E-state index contributed by atoms with van der Waals surface area (Å²) in [5, 5.41) is 12.6. The molecule has 1 aromatic rings. The summed E-state index contributed by atoms with van der Waals surface area (Å²) in [6.07, 6.45) is 2.04. The van der Waals surface area contributed by atoms with E-state index in [9.17, 15) is 9.50 Å². The summed E-state index contributed by atoms with van der Waals surface area (Å²) < 4.78 is 14.3. The number of aliphatic hydroxyl groups is 1. The van der Waals surface area contributed by atoms with Gasteiger partial charge in [-0.3, -0.25) is 0 Å². The van der Waals surface area contributed by atoms with Crippen molar-refractivity contribution in [2.75, 3.05) is 31.1 Å². The summed E-state index contributed by atoms with van der Waals surface area (Å²) in [6.45, 7) is 8.30. The Labute approximate surface area is 121 Å². The van der Waals surface area contributed by atoms with Gasteiger partial charge in [0, 0.05) is 19.1 Å². The van der Waals surface area contributed by atoms with Crippen LogP contribution in [-0.4, -0.2) is 31.3 Å². The lowest BCUT2D eigenvalue weighted by Crippen LogP contribution is -2.31. The van der Waals surface area contributed by atoms with Gasteiger partial charge >= 0.3 is 0 Å². The Bertz CT molecular complexity index is 398. The largest absolute Gasteiger partial charge is 0.395 e. The molecule has 1 unspecified atom stereocenters. The fourth-order valence-electron chi connectivity index (χ4n) is 2.44. The molecular formula is C16H27FN2O. The molecule has 114 valence electrons. The average molecular weight is 282 g/mol. The minimum Gasteiger partial charge on any atom is -0.395 e. The van der Waals surface area contributed by atoms with Gasteiger partial charge in [0.25, 0.3) is 0 Å². The van der Waals surface area contributed by atoms with Crippen LogP contribution in [0.2, 0.25) is 0 Å². The number of benzene rings is 1. The van der Waals surface area contributed by atoms with Gasteiger partial charge in [0.15, 0.2) is 0 Å². The van der Waals surface area contributed by atoms with Crippen LogP contribution in [0, 0.1) is 5.82 Å². The third-order valence-corrected chi connectivity index (χ3v) is 3.46. The van der Waals surface area contributed by atoms with E-state index >= 15 is 0 Å². The number of nitrogens with one attached hydrogen (secondary N) is 1. The molecule has 0 heterocycles. The number of para-hydroxylation sites is 1. The maximum absolute atomic E-state index is 14.3. The van der Waals surface area contributed by atoms with Crippen LogP contribution < -0.4 is 10.2 Å². The van der Waals surface area contributed by atoms with Gasteiger partial charge in [-0.15, -0.1) is 0 Å². The standard InChI is InChI=1S/C16H27FN2O/c1-4-6-10-19(11-12-20)16-14(13(3)18-5-2)8-7-9-15(16)17/h7-9,13,18,20H,4-6,10-12H2,1-3H3. The Hall–Kier alpha value is -1.13. The lowest BCUT2D eigenvalue weighted by Gasteiger charge is -2.29. The number of anilines is 1. The van der Waals surface area contributed by atoms with Crippen molar-refractivity contribution in [3.63, 3.8) is 0 Å². The maximum atomic E-state index is 14.3. The Morgan fingerprint density at radius 1 is 1.30 bits per heavy atom. The molecule has 0 aliphatic rings. The predicted molar refractivity (Wildman–Crippen MR) is 82.7 cm³/mol. The Balaban J connectivity index is 3.10. The van der Waals surface area contributed by atoms with Crippen molar-refractivity contribution in [1.29, 1.82) is 0 Å². The second-order valence-electron chi connectivity index (χ2n) is 5.02. The predicted octanol–water partition coefficient (Wildman–Crippen LogP) is 3.10. The van der Waals surface area contributed by atoms with Gasteiger partial charge in [-0.1, -0.05) is 32.4 Å². The highest BCUT2D eigenvalue weighted by Gasteiger charge is 2.18. The molecule has 0 aliphatic carbocycles. The van der Waals surface area contributed by atoms with Crippen LogP contribution in [0.15, 0.2) is 18.2 Å². The number of halogens is 1. The Morgan fingerprint density at radius 2 is 2.05 bits per heavy atom. The van der Waals surface area contributed by atoms with E-state index < -0.39 is 0 Å². The first-order valence-corrected chi connectivity index (χ1v) is 7.53. The van der Waals surface area contributed by atoms with Crippen molar-refractivity contribution in [1.82, 2.24) is 5.32 Å². The first kappa shape index (κ1) is 16.9. The van der Waals surface area contributed by atoms with Crippen LogP contribution in [0.4, 0.5) is 10.1 Å². The second kappa shape index (κ2) is 8.93. The molecule has 0 spiro atoms. The zero-order valence-corrected chi connectivity index (χ0v) is 12.8. The van der Waals surface area contributed by atoms with E-state index in [1.54, 1.807) is 6.07 Å². The van der Waals surface area contributed by atoms with Gasteiger partial charge in [0.05, 0.1) is 12.3 Å².